The lowest BCUT2D eigenvalue weighted by Crippen LogP contribution is -2.08. The Morgan fingerprint density at radius 1 is 1.40 bits per heavy atom. The van der Waals surface area contributed by atoms with Crippen LogP contribution < -0.4 is 0 Å². The smallest absolute Gasteiger partial charge is 0.310 e. The number of carbonyl (C=O) groups is 1. The molecule has 82 valence electrons. The molecule has 0 radical (unpaired) electrons. The molecule has 0 amide bonds. The highest BCUT2D eigenvalue weighted by atomic mass is 32.2. The van der Waals surface area contributed by atoms with E-state index in [1.165, 1.54) is 19.5 Å². The number of aromatic nitrogens is 2. The monoisotopic (exact) mass is 230 g/mol. The van der Waals surface area contributed by atoms with E-state index in [4.69, 9.17) is 0 Å². The van der Waals surface area contributed by atoms with E-state index in [1.807, 2.05) is 0 Å². The number of ether oxygens (including phenoxy) is 1. The number of rotatable bonds is 3. The third-order valence-electron chi connectivity index (χ3n) is 1.59. The number of carbonyl (C=O) groups excluding carboxylic acids is 1. The minimum absolute atomic E-state index is 0.0283. The van der Waals surface area contributed by atoms with Gasteiger partial charge < -0.3 is 4.74 Å². The fourth-order valence-corrected chi connectivity index (χ4v) is 1.35. The van der Waals surface area contributed by atoms with Crippen LogP contribution in [0.1, 0.15) is 5.56 Å². The van der Waals surface area contributed by atoms with E-state index in [9.17, 15) is 13.2 Å². The zero-order valence-corrected chi connectivity index (χ0v) is 9.11. The van der Waals surface area contributed by atoms with Gasteiger partial charge in [-0.15, -0.1) is 0 Å². The number of nitrogens with zero attached hydrogens (tertiary/aromatic N) is 2. The molecule has 0 aliphatic heterocycles. The SMILES string of the molecule is COC(=O)Cc1cnc(S(C)(=O)=O)nc1. The van der Waals surface area contributed by atoms with Crippen molar-refractivity contribution in [1.82, 2.24) is 9.97 Å². The number of esters is 1. The molecule has 0 fully saturated rings. The molecule has 0 bridgehead atoms. The summed E-state index contributed by atoms with van der Waals surface area (Å²) in [6, 6.07) is 0. The maximum Gasteiger partial charge on any atom is 0.310 e. The first kappa shape index (κ1) is 11.6. The lowest BCUT2D eigenvalue weighted by molar-refractivity contribution is -0.139. The van der Waals surface area contributed by atoms with E-state index >= 15 is 0 Å². The van der Waals surface area contributed by atoms with E-state index in [2.05, 4.69) is 14.7 Å². The molecule has 0 spiro atoms. The van der Waals surface area contributed by atoms with E-state index in [0.717, 1.165) is 6.26 Å². The molecule has 0 atom stereocenters. The lowest BCUT2D eigenvalue weighted by Gasteiger charge is -2.00. The van der Waals surface area contributed by atoms with Crippen molar-refractivity contribution in [2.45, 2.75) is 11.6 Å². The van der Waals surface area contributed by atoms with Crippen LogP contribution in [0, 0.1) is 0 Å². The van der Waals surface area contributed by atoms with Crippen LogP contribution in [0.2, 0.25) is 0 Å². The highest BCUT2D eigenvalue weighted by molar-refractivity contribution is 7.90. The van der Waals surface area contributed by atoms with Gasteiger partial charge in [0.25, 0.3) is 0 Å². The van der Waals surface area contributed by atoms with Crippen molar-refractivity contribution >= 4 is 15.8 Å². The summed E-state index contributed by atoms with van der Waals surface area (Å²) in [6.45, 7) is 0. The Morgan fingerprint density at radius 3 is 2.33 bits per heavy atom. The van der Waals surface area contributed by atoms with Crippen LogP contribution in [0.15, 0.2) is 17.6 Å². The molecule has 0 saturated heterocycles. The van der Waals surface area contributed by atoms with E-state index < -0.39 is 15.8 Å². The van der Waals surface area contributed by atoms with Gasteiger partial charge in [-0.1, -0.05) is 0 Å². The van der Waals surface area contributed by atoms with E-state index in [0.29, 0.717) is 5.56 Å². The van der Waals surface area contributed by atoms with Gasteiger partial charge in [0.15, 0.2) is 0 Å². The molecule has 0 saturated carbocycles. The van der Waals surface area contributed by atoms with Crippen LogP contribution in [0.3, 0.4) is 0 Å². The van der Waals surface area contributed by atoms with Crippen molar-refractivity contribution in [3.8, 4) is 0 Å². The molecule has 0 aliphatic carbocycles. The zero-order chi connectivity index (χ0) is 11.5. The second-order valence-corrected chi connectivity index (χ2v) is 4.81. The Bertz CT molecular complexity index is 452. The van der Waals surface area contributed by atoms with Gasteiger partial charge >= 0.3 is 5.97 Å². The maximum absolute atomic E-state index is 11.0. The average Bonchev–Trinajstić information content (AvgIpc) is 2.17. The van der Waals surface area contributed by atoms with E-state index in [1.54, 1.807) is 0 Å². The molecule has 0 unspecified atom stereocenters. The molecule has 1 heterocycles. The van der Waals surface area contributed by atoms with Crippen LogP contribution in [0.4, 0.5) is 0 Å². The number of hydrogen-bond acceptors (Lipinski definition) is 6. The Hall–Kier alpha value is -1.50. The summed E-state index contributed by atoms with van der Waals surface area (Å²) in [5, 5.41) is -0.254. The molecule has 1 aromatic rings. The van der Waals surface area contributed by atoms with Gasteiger partial charge in [-0.05, 0) is 5.56 Å². The number of hydrogen-bond donors (Lipinski definition) is 0. The van der Waals surface area contributed by atoms with Gasteiger partial charge in [-0.3, -0.25) is 4.79 Å². The Balaban J connectivity index is 2.86. The highest BCUT2D eigenvalue weighted by Gasteiger charge is 2.11. The molecular formula is C8H10N2O4S. The molecule has 1 rings (SSSR count). The van der Waals surface area contributed by atoms with Crippen molar-refractivity contribution in [3.63, 3.8) is 0 Å². The third kappa shape index (κ3) is 3.28. The summed E-state index contributed by atoms with van der Waals surface area (Å²) in [4.78, 5) is 18.1. The molecule has 0 aromatic carbocycles. The summed E-state index contributed by atoms with van der Waals surface area (Å²) < 4.78 is 26.5. The van der Waals surface area contributed by atoms with Crippen LogP contribution >= 0.6 is 0 Å². The first-order valence-corrected chi connectivity index (χ1v) is 5.90. The Labute approximate surface area is 87.2 Å². The van der Waals surface area contributed by atoms with Crippen LogP contribution in [0.25, 0.3) is 0 Å². The van der Waals surface area contributed by atoms with Crippen LogP contribution in [-0.2, 0) is 25.8 Å². The van der Waals surface area contributed by atoms with Crippen molar-refractivity contribution in [2.24, 2.45) is 0 Å². The zero-order valence-electron chi connectivity index (χ0n) is 8.30. The highest BCUT2D eigenvalue weighted by Crippen LogP contribution is 2.03. The second kappa shape index (κ2) is 4.35. The molecule has 7 heteroatoms. The predicted molar refractivity (Wildman–Crippen MR) is 50.9 cm³/mol. The normalized spacial score (nSPS) is 11.1. The summed E-state index contributed by atoms with van der Waals surface area (Å²) in [5.41, 5.74) is 0.509. The van der Waals surface area contributed by atoms with Crippen molar-refractivity contribution in [3.05, 3.63) is 18.0 Å². The topological polar surface area (TPSA) is 86.2 Å². The number of sulfone groups is 1. The summed E-state index contributed by atoms with van der Waals surface area (Å²) in [7, 11) is -2.12. The standard InChI is InChI=1S/C8H10N2O4S/c1-14-7(11)3-6-4-9-8(10-5-6)15(2,12)13/h4-5H,3H2,1-2H3. The van der Waals surface area contributed by atoms with E-state index in [-0.39, 0.29) is 11.6 Å². The number of methoxy groups -OCH3 is 1. The van der Waals surface area contributed by atoms with Gasteiger partial charge in [0.2, 0.25) is 15.0 Å². The van der Waals surface area contributed by atoms with Crippen molar-refractivity contribution in [1.29, 1.82) is 0 Å². The fourth-order valence-electron chi connectivity index (χ4n) is 0.865. The first-order chi connectivity index (χ1) is 6.93. The Kier molecular flexibility index (Phi) is 3.35. The summed E-state index contributed by atoms with van der Waals surface area (Å²) in [5.74, 6) is -0.425. The lowest BCUT2D eigenvalue weighted by atomic mass is 10.2. The molecule has 15 heavy (non-hydrogen) atoms. The minimum atomic E-state index is -3.39. The maximum atomic E-state index is 11.0. The Morgan fingerprint density at radius 2 is 1.93 bits per heavy atom. The van der Waals surface area contributed by atoms with Gasteiger partial charge in [-0.2, -0.15) is 0 Å². The molecule has 1 aromatic heterocycles. The first-order valence-electron chi connectivity index (χ1n) is 4.01. The van der Waals surface area contributed by atoms with Gasteiger partial charge in [-0.25, -0.2) is 18.4 Å². The van der Waals surface area contributed by atoms with Gasteiger partial charge in [0.05, 0.1) is 13.5 Å². The van der Waals surface area contributed by atoms with Crippen LogP contribution in [-0.4, -0.2) is 37.7 Å². The summed E-state index contributed by atoms with van der Waals surface area (Å²) in [6.07, 6.45) is 3.63. The van der Waals surface area contributed by atoms with Crippen molar-refractivity contribution in [2.75, 3.05) is 13.4 Å². The minimum Gasteiger partial charge on any atom is -0.469 e. The quantitative estimate of drug-likeness (QED) is 0.518. The van der Waals surface area contributed by atoms with Gasteiger partial charge in [0, 0.05) is 18.6 Å². The average molecular weight is 230 g/mol. The largest absolute Gasteiger partial charge is 0.469 e. The van der Waals surface area contributed by atoms with Crippen LogP contribution in [0.5, 0.6) is 0 Å². The molecule has 6 nitrogen and oxygen atoms in total. The summed E-state index contributed by atoms with van der Waals surface area (Å²) >= 11 is 0. The van der Waals surface area contributed by atoms with Crippen molar-refractivity contribution < 1.29 is 17.9 Å². The third-order valence-corrected chi connectivity index (χ3v) is 2.46. The second-order valence-electron chi connectivity index (χ2n) is 2.90. The molecule has 0 aliphatic rings. The fraction of sp³-hybridized carbons (Fsp3) is 0.375. The molecule has 0 N–H and O–H groups in total. The predicted octanol–water partition coefficient (Wildman–Crippen LogP) is -0.404. The molecular weight excluding hydrogens is 220 g/mol. The van der Waals surface area contributed by atoms with Gasteiger partial charge in [0.1, 0.15) is 0 Å².